The Morgan fingerprint density at radius 1 is 1.50 bits per heavy atom. The van der Waals surface area contributed by atoms with E-state index in [1.54, 1.807) is 20.8 Å². The van der Waals surface area contributed by atoms with E-state index >= 15 is 0 Å². The summed E-state index contributed by atoms with van der Waals surface area (Å²) in [5.41, 5.74) is -0.593. The van der Waals surface area contributed by atoms with Gasteiger partial charge in [0.05, 0.1) is 13.0 Å². The Morgan fingerprint density at radius 2 is 2.17 bits per heavy atom. The quantitative estimate of drug-likeness (QED) is 0.797. The van der Waals surface area contributed by atoms with Crippen LogP contribution in [0.1, 0.15) is 33.6 Å². The van der Waals surface area contributed by atoms with Crippen molar-refractivity contribution in [1.82, 2.24) is 5.32 Å². The van der Waals surface area contributed by atoms with Crippen LogP contribution in [0.3, 0.4) is 0 Å². The maximum absolute atomic E-state index is 11.6. The third-order valence-corrected chi connectivity index (χ3v) is 2.63. The lowest BCUT2D eigenvalue weighted by Gasteiger charge is -2.25. The fourth-order valence-corrected chi connectivity index (χ4v) is 1.85. The number of rotatable bonds is 4. The molecule has 2 unspecified atom stereocenters. The Bertz CT molecular complexity index is 304. The first-order valence-corrected chi connectivity index (χ1v) is 6.07. The molecule has 1 aliphatic heterocycles. The fourth-order valence-electron chi connectivity index (χ4n) is 1.85. The Hall–Kier alpha value is -1.30. The van der Waals surface area contributed by atoms with Crippen molar-refractivity contribution in [2.75, 3.05) is 13.2 Å². The van der Waals surface area contributed by atoms with Gasteiger partial charge < -0.3 is 19.9 Å². The van der Waals surface area contributed by atoms with Crippen LogP contribution in [0.5, 0.6) is 0 Å². The smallest absolute Gasteiger partial charge is 0.407 e. The standard InChI is InChI=1S/C12H21NO5/c1-12(2,3)18-11(16)13-9(6-10(14)15)8-4-5-17-7-8/h8-9H,4-7H2,1-3H3,(H,13,16)(H,14,15). The van der Waals surface area contributed by atoms with Crippen LogP contribution in [0.2, 0.25) is 0 Å². The molecular formula is C12H21NO5. The van der Waals surface area contributed by atoms with Gasteiger partial charge in [0, 0.05) is 18.6 Å². The van der Waals surface area contributed by atoms with E-state index in [-0.39, 0.29) is 12.3 Å². The topological polar surface area (TPSA) is 84.9 Å². The highest BCUT2D eigenvalue weighted by molar-refractivity contribution is 5.71. The molecule has 0 aromatic carbocycles. The van der Waals surface area contributed by atoms with Gasteiger partial charge in [-0.15, -0.1) is 0 Å². The van der Waals surface area contributed by atoms with Gasteiger partial charge in [0.15, 0.2) is 0 Å². The van der Waals surface area contributed by atoms with Crippen LogP contribution in [-0.4, -0.2) is 42.0 Å². The van der Waals surface area contributed by atoms with Crippen LogP contribution in [0, 0.1) is 5.92 Å². The number of carboxylic acids is 1. The summed E-state index contributed by atoms with van der Waals surface area (Å²) in [6.45, 7) is 6.37. The molecule has 104 valence electrons. The summed E-state index contributed by atoms with van der Waals surface area (Å²) in [6.07, 6.45) is 0.0572. The third kappa shape index (κ3) is 5.35. The summed E-state index contributed by atoms with van der Waals surface area (Å²) in [6, 6.07) is -0.445. The zero-order valence-electron chi connectivity index (χ0n) is 11.1. The molecule has 6 heteroatoms. The van der Waals surface area contributed by atoms with Crippen LogP contribution in [0.4, 0.5) is 4.79 Å². The molecule has 1 saturated heterocycles. The molecule has 1 aliphatic rings. The van der Waals surface area contributed by atoms with E-state index in [1.165, 1.54) is 0 Å². The molecule has 0 aromatic heterocycles. The van der Waals surface area contributed by atoms with E-state index in [4.69, 9.17) is 14.6 Å². The number of hydrogen-bond donors (Lipinski definition) is 2. The van der Waals surface area contributed by atoms with Crippen molar-refractivity contribution < 1.29 is 24.2 Å². The minimum absolute atomic E-state index is 0.0358. The van der Waals surface area contributed by atoms with Gasteiger partial charge >= 0.3 is 12.1 Å². The van der Waals surface area contributed by atoms with Gasteiger partial charge in [0.2, 0.25) is 0 Å². The van der Waals surface area contributed by atoms with Crippen molar-refractivity contribution in [2.24, 2.45) is 5.92 Å². The first-order valence-electron chi connectivity index (χ1n) is 6.07. The lowest BCUT2D eigenvalue weighted by atomic mass is 9.96. The Morgan fingerprint density at radius 3 is 2.61 bits per heavy atom. The van der Waals surface area contributed by atoms with Gasteiger partial charge in [0.1, 0.15) is 5.60 Å². The minimum Gasteiger partial charge on any atom is -0.481 e. The van der Waals surface area contributed by atoms with Crippen LogP contribution >= 0.6 is 0 Å². The molecule has 0 spiro atoms. The number of carbonyl (C=O) groups excluding carboxylic acids is 1. The molecule has 1 rings (SSSR count). The average Bonchev–Trinajstić information content (AvgIpc) is 2.64. The highest BCUT2D eigenvalue weighted by atomic mass is 16.6. The molecule has 0 radical (unpaired) electrons. The summed E-state index contributed by atoms with van der Waals surface area (Å²) in [5, 5.41) is 11.5. The molecule has 0 bridgehead atoms. The molecule has 2 N–H and O–H groups in total. The number of alkyl carbamates (subject to hydrolysis) is 1. The Balaban J connectivity index is 2.54. The van der Waals surface area contributed by atoms with Crippen molar-refractivity contribution in [3.8, 4) is 0 Å². The van der Waals surface area contributed by atoms with Gasteiger partial charge in [-0.2, -0.15) is 0 Å². The van der Waals surface area contributed by atoms with Gasteiger partial charge in [-0.1, -0.05) is 0 Å². The lowest BCUT2D eigenvalue weighted by molar-refractivity contribution is -0.137. The van der Waals surface area contributed by atoms with Crippen molar-refractivity contribution in [1.29, 1.82) is 0 Å². The third-order valence-electron chi connectivity index (χ3n) is 2.63. The second-order valence-electron chi connectivity index (χ2n) is 5.47. The second kappa shape index (κ2) is 6.04. The lowest BCUT2D eigenvalue weighted by Crippen LogP contribution is -2.44. The number of carboxylic acid groups (broad SMARTS) is 1. The molecule has 0 aliphatic carbocycles. The largest absolute Gasteiger partial charge is 0.481 e. The summed E-state index contributed by atoms with van der Waals surface area (Å²) >= 11 is 0. The fraction of sp³-hybridized carbons (Fsp3) is 0.833. The summed E-state index contributed by atoms with van der Waals surface area (Å²) in [4.78, 5) is 22.4. The summed E-state index contributed by atoms with van der Waals surface area (Å²) < 4.78 is 10.3. The van der Waals surface area contributed by atoms with Gasteiger partial charge in [-0.3, -0.25) is 4.79 Å². The molecular weight excluding hydrogens is 238 g/mol. The number of ether oxygens (including phenoxy) is 2. The molecule has 1 heterocycles. The van der Waals surface area contributed by atoms with Crippen LogP contribution < -0.4 is 5.32 Å². The van der Waals surface area contributed by atoms with Crippen molar-refractivity contribution in [3.05, 3.63) is 0 Å². The molecule has 0 saturated carbocycles. The average molecular weight is 259 g/mol. The van der Waals surface area contributed by atoms with Crippen molar-refractivity contribution in [3.63, 3.8) is 0 Å². The first kappa shape index (κ1) is 14.8. The highest BCUT2D eigenvalue weighted by Crippen LogP contribution is 2.19. The predicted octanol–water partition coefficient (Wildman–Crippen LogP) is 1.39. The summed E-state index contributed by atoms with van der Waals surface area (Å²) in [7, 11) is 0. The number of nitrogens with one attached hydrogen (secondary N) is 1. The molecule has 1 fully saturated rings. The van der Waals surface area contributed by atoms with Gasteiger partial charge in [0.25, 0.3) is 0 Å². The molecule has 2 atom stereocenters. The highest BCUT2D eigenvalue weighted by Gasteiger charge is 2.30. The Labute approximate surface area is 107 Å². The van der Waals surface area contributed by atoms with E-state index in [9.17, 15) is 9.59 Å². The number of hydrogen-bond acceptors (Lipinski definition) is 4. The summed E-state index contributed by atoms with van der Waals surface area (Å²) in [5.74, 6) is -0.906. The molecule has 6 nitrogen and oxygen atoms in total. The van der Waals surface area contributed by atoms with Crippen molar-refractivity contribution >= 4 is 12.1 Å². The molecule has 0 aromatic rings. The number of amides is 1. The van der Waals surface area contributed by atoms with Gasteiger partial charge in [-0.25, -0.2) is 4.79 Å². The van der Waals surface area contributed by atoms with E-state index in [0.29, 0.717) is 13.2 Å². The van der Waals surface area contributed by atoms with E-state index < -0.39 is 23.7 Å². The SMILES string of the molecule is CC(C)(C)OC(=O)NC(CC(=O)O)C1CCOC1. The zero-order valence-corrected chi connectivity index (χ0v) is 11.1. The second-order valence-corrected chi connectivity index (χ2v) is 5.47. The van der Waals surface area contributed by atoms with Crippen LogP contribution in [0.15, 0.2) is 0 Å². The maximum Gasteiger partial charge on any atom is 0.407 e. The Kier molecular flexibility index (Phi) is 4.95. The van der Waals surface area contributed by atoms with E-state index in [1.807, 2.05) is 0 Å². The number of carbonyl (C=O) groups is 2. The minimum atomic E-state index is -0.942. The monoisotopic (exact) mass is 259 g/mol. The van der Waals surface area contributed by atoms with Crippen molar-refractivity contribution in [2.45, 2.75) is 45.3 Å². The number of aliphatic carboxylic acids is 1. The normalized spacial score (nSPS) is 21.4. The zero-order chi connectivity index (χ0) is 13.8. The molecule has 1 amide bonds. The van der Waals surface area contributed by atoms with E-state index in [2.05, 4.69) is 5.32 Å². The van der Waals surface area contributed by atoms with E-state index in [0.717, 1.165) is 6.42 Å². The maximum atomic E-state index is 11.6. The van der Waals surface area contributed by atoms with Crippen LogP contribution in [-0.2, 0) is 14.3 Å². The predicted molar refractivity (Wildman–Crippen MR) is 64.3 cm³/mol. The molecule has 18 heavy (non-hydrogen) atoms. The van der Waals surface area contributed by atoms with Crippen LogP contribution in [0.25, 0.3) is 0 Å². The first-order chi connectivity index (χ1) is 8.28. The van der Waals surface area contributed by atoms with Gasteiger partial charge in [-0.05, 0) is 27.2 Å².